The zero-order chi connectivity index (χ0) is 23.1. The quantitative estimate of drug-likeness (QED) is 0.638. The summed E-state index contributed by atoms with van der Waals surface area (Å²) < 4.78 is 10.8. The summed E-state index contributed by atoms with van der Waals surface area (Å²) in [6.45, 7) is 9.54. The van der Waals surface area contributed by atoms with Gasteiger partial charge in [-0.1, -0.05) is 25.4 Å². The third-order valence-corrected chi connectivity index (χ3v) is 6.60. The number of hydrogen-bond donors (Lipinski definition) is 1. The van der Waals surface area contributed by atoms with Crippen molar-refractivity contribution in [3.63, 3.8) is 0 Å². The van der Waals surface area contributed by atoms with E-state index >= 15 is 0 Å². The van der Waals surface area contributed by atoms with Crippen LogP contribution in [-0.4, -0.2) is 80.7 Å². The summed E-state index contributed by atoms with van der Waals surface area (Å²) in [6.07, 6.45) is 2.37. The molecule has 1 unspecified atom stereocenters. The number of nitrogens with zero attached hydrogens (tertiary/aromatic N) is 2. The molecular formula is C24H36ClN3O4. The van der Waals surface area contributed by atoms with Crippen molar-refractivity contribution in [1.29, 1.82) is 0 Å². The number of piperidine rings is 1. The average molecular weight is 466 g/mol. The molecule has 1 aromatic carbocycles. The molecule has 8 heteroatoms. The first kappa shape index (κ1) is 24.8. The fraction of sp³-hybridized carbons (Fsp3) is 0.667. The second kappa shape index (κ2) is 11.9. The second-order valence-corrected chi connectivity index (χ2v) is 9.52. The molecule has 178 valence electrons. The van der Waals surface area contributed by atoms with Gasteiger partial charge in [-0.05, 0) is 43.4 Å². The topological polar surface area (TPSA) is 71.1 Å². The Kier molecular flexibility index (Phi) is 9.20. The van der Waals surface area contributed by atoms with Crippen LogP contribution in [0.5, 0.6) is 5.75 Å². The zero-order valence-electron chi connectivity index (χ0n) is 19.4. The number of amides is 2. The van der Waals surface area contributed by atoms with Gasteiger partial charge in [0.05, 0.1) is 25.9 Å². The van der Waals surface area contributed by atoms with Crippen LogP contribution in [0.1, 0.15) is 43.5 Å². The molecule has 2 saturated heterocycles. The molecule has 2 amide bonds. The Morgan fingerprint density at radius 1 is 1.19 bits per heavy atom. The highest BCUT2D eigenvalue weighted by atomic mass is 35.5. The van der Waals surface area contributed by atoms with Crippen LogP contribution in [0.4, 0.5) is 0 Å². The van der Waals surface area contributed by atoms with Crippen molar-refractivity contribution in [3.05, 3.63) is 28.8 Å². The van der Waals surface area contributed by atoms with E-state index in [2.05, 4.69) is 24.1 Å². The third kappa shape index (κ3) is 6.59. The van der Waals surface area contributed by atoms with Gasteiger partial charge < -0.3 is 19.7 Å². The number of ether oxygens (including phenoxy) is 2. The highest BCUT2D eigenvalue weighted by molar-refractivity contribution is 6.31. The summed E-state index contributed by atoms with van der Waals surface area (Å²) in [5.41, 5.74) is 0.463. The Bertz CT molecular complexity index is 775. The molecule has 2 aliphatic rings. The predicted octanol–water partition coefficient (Wildman–Crippen LogP) is 3.06. The Morgan fingerprint density at radius 3 is 2.50 bits per heavy atom. The number of likely N-dealkylation sites (tertiary alicyclic amines) is 1. The SMILES string of the molecule is COc1ccc(Cl)cc1C(=O)N1CCC(C(=O)NCC(CC(C)C)N2CCOCC2)CC1. The van der Waals surface area contributed by atoms with Crippen molar-refractivity contribution in [3.8, 4) is 5.75 Å². The van der Waals surface area contributed by atoms with Crippen LogP contribution in [0.3, 0.4) is 0 Å². The monoisotopic (exact) mass is 465 g/mol. The van der Waals surface area contributed by atoms with Gasteiger partial charge in [0.25, 0.3) is 5.91 Å². The number of morpholine rings is 1. The summed E-state index contributed by atoms with van der Waals surface area (Å²) in [6, 6.07) is 5.39. The lowest BCUT2D eigenvalue weighted by molar-refractivity contribution is -0.126. The largest absolute Gasteiger partial charge is 0.496 e. The lowest BCUT2D eigenvalue weighted by Gasteiger charge is -2.36. The molecule has 0 saturated carbocycles. The molecule has 1 N–H and O–H groups in total. The molecule has 0 radical (unpaired) electrons. The summed E-state index contributed by atoms with van der Waals surface area (Å²) in [4.78, 5) is 30.1. The van der Waals surface area contributed by atoms with Crippen LogP contribution in [0.25, 0.3) is 0 Å². The van der Waals surface area contributed by atoms with Crippen LogP contribution in [0.2, 0.25) is 5.02 Å². The minimum absolute atomic E-state index is 0.0651. The number of benzene rings is 1. The maximum Gasteiger partial charge on any atom is 0.257 e. The van der Waals surface area contributed by atoms with E-state index in [1.54, 1.807) is 30.2 Å². The summed E-state index contributed by atoms with van der Waals surface area (Å²) in [5, 5.41) is 3.69. The predicted molar refractivity (Wildman–Crippen MR) is 125 cm³/mol. The fourth-order valence-electron chi connectivity index (χ4n) is 4.57. The van der Waals surface area contributed by atoms with Gasteiger partial charge in [0.2, 0.25) is 5.91 Å². The van der Waals surface area contributed by atoms with E-state index in [4.69, 9.17) is 21.1 Å². The van der Waals surface area contributed by atoms with Crippen molar-refractivity contribution in [2.45, 2.75) is 39.2 Å². The first-order valence-electron chi connectivity index (χ1n) is 11.6. The van der Waals surface area contributed by atoms with Gasteiger partial charge in [-0.15, -0.1) is 0 Å². The maximum atomic E-state index is 13.0. The molecule has 1 atom stereocenters. The molecule has 3 rings (SSSR count). The standard InChI is InChI=1S/C24H36ClN3O4/c1-17(2)14-20(27-10-12-32-13-11-27)16-26-23(29)18-6-8-28(9-7-18)24(30)21-15-19(25)4-5-22(21)31-3/h4-5,15,17-18,20H,6-14,16H2,1-3H3,(H,26,29). The van der Waals surface area contributed by atoms with Gasteiger partial charge >= 0.3 is 0 Å². The molecular weight excluding hydrogens is 430 g/mol. The Balaban J connectivity index is 1.51. The Morgan fingerprint density at radius 2 is 1.88 bits per heavy atom. The molecule has 0 aliphatic carbocycles. The van der Waals surface area contributed by atoms with Crippen molar-refractivity contribution < 1.29 is 19.1 Å². The molecule has 7 nitrogen and oxygen atoms in total. The van der Waals surface area contributed by atoms with Crippen molar-refractivity contribution in [1.82, 2.24) is 15.1 Å². The molecule has 0 bridgehead atoms. The molecule has 0 aromatic heterocycles. The number of carbonyl (C=O) groups is 2. The number of halogens is 1. The van der Waals surface area contributed by atoms with Crippen molar-refractivity contribution >= 4 is 23.4 Å². The first-order chi connectivity index (χ1) is 15.4. The number of rotatable bonds is 8. The van der Waals surface area contributed by atoms with E-state index < -0.39 is 0 Å². The van der Waals surface area contributed by atoms with Gasteiger partial charge in [0.1, 0.15) is 5.75 Å². The van der Waals surface area contributed by atoms with Crippen LogP contribution < -0.4 is 10.1 Å². The highest BCUT2D eigenvalue weighted by Gasteiger charge is 2.30. The average Bonchev–Trinajstić information content (AvgIpc) is 2.81. The molecule has 1 aromatic rings. The van der Waals surface area contributed by atoms with Gasteiger partial charge in [-0.2, -0.15) is 0 Å². The van der Waals surface area contributed by atoms with E-state index in [0.29, 0.717) is 60.8 Å². The zero-order valence-corrected chi connectivity index (χ0v) is 20.2. The summed E-state index contributed by atoms with van der Waals surface area (Å²) in [7, 11) is 1.54. The molecule has 2 heterocycles. The highest BCUT2D eigenvalue weighted by Crippen LogP contribution is 2.26. The van der Waals surface area contributed by atoms with E-state index in [9.17, 15) is 9.59 Å². The first-order valence-corrected chi connectivity index (χ1v) is 12.0. The molecule has 2 fully saturated rings. The van der Waals surface area contributed by atoms with Crippen molar-refractivity contribution in [2.24, 2.45) is 11.8 Å². The Labute approximate surface area is 196 Å². The van der Waals surface area contributed by atoms with E-state index in [0.717, 1.165) is 32.7 Å². The molecule has 2 aliphatic heterocycles. The second-order valence-electron chi connectivity index (χ2n) is 9.09. The van der Waals surface area contributed by atoms with E-state index in [1.807, 2.05) is 0 Å². The maximum absolute atomic E-state index is 13.0. The number of hydrogen-bond acceptors (Lipinski definition) is 5. The minimum Gasteiger partial charge on any atom is -0.496 e. The van der Waals surface area contributed by atoms with E-state index in [1.165, 1.54) is 0 Å². The summed E-state index contributed by atoms with van der Waals surface area (Å²) >= 11 is 6.08. The summed E-state index contributed by atoms with van der Waals surface area (Å²) in [5.74, 6) is 1.01. The normalized spacial score (nSPS) is 19.1. The van der Waals surface area contributed by atoms with Crippen molar-refractivity contribution in [2.75, 3.05) is 53.0 Å². The van der Waals surface area contributed by atoms with Gasteiger partial charge in [-0.3, -0.25) is 14.5 Å². The van der Waals surface area contributed by atoms with Crippen LogP contribution in [-0.2, 0) is 9.53 Å². The van der Waals surface area contributed by atoms with E-state index in [-0.39, 0.29) is 17.7 Å². The van der Waals surface area contributed by atoms with Gasteiger partial charge in [0.15, 0.2) is 0 Å². The number of carbonyl (C=O) groups excluding carboxylic acids is 2. The fourth-order valence-corrected chi connectivity index (χ4v) is 4.75. The minimum atomic E-state index is -0.104. The smallest absolute Gasteiger partial charge is 0.257 e. The number of methoxy groups -OCH3 is 1. The lowest BCUT2D eigenvalue weighted by atomic mass is 9.95. The Hall–Kier alpha value is -1.83. The lowest BCUT2D eigenvalue weighted by Crippen LogP contribution is -2.50. The van der Waals surface area contributed by atoms with Gasteiger partial charge in [-0.25, -0.2) is 0 Å². The van der Waals surface area contributed by atoms with Gasteiger partial charge in [0, 0.05) is 49.7 Å². The van der Waals surface area contributed by atoms with Crippen LogP contribution >= 0.6 is 11.6 Å². The van der Waals surface area contributed by atoms with Crippen LogP contribution in [0, 0.1) is 11.8 Å². The molecule has 32 heavy (non-hydrogen) atoms. The molecule has 0 spiro atoms. The third-order valence-electron chi connectivity index (χ3n) is 6.36. The number of nitrogens with one attached hydrogen (secondary N) is 1. The van der Waals surface area contributed by atoms with Crippen LogP contribution in [0.15, 0.2) is 18.2 Å².